The zero-order valence-electron chi connectivity index (χ0n) is 18.6. The van der Waals surface area contributed by atoms with Gasteiger partial charge in [-0.25, -0.2) is 9.69 Å². The zero-order valence-corrected chi connectivity index (χ0v) is 22.4. The highest BCUT2D eigenvalue weighted by Gasteiger charge is 2.37. The number of carbonyl (C=O) groups excluding carboxylic acids is 4. The van der Waals surface area contributed by atoms with E-state index in [2.05, 4.69) is 26.6 Å². The third kappa shape index (κ3) is 6.31. The largest absolute Gasteiger partial charge is 0.483 e. The number of urea groups is 1. The summed E-state index contributed by atoms with van der Waals surface area (Å²) in [6.45, 7) is -0.353. The van der Waals surface area contributed by atoms with Gasteiger partial charge in [-0.05, 0) is 66.7 Å². The second kappa shape index (κ2) is 11.4. The maximum Gasteiger partial charge on any atom is 0.335 e. The van der Waals surface area contributed by atoms with Crippen molar-refractivity contribution in [2.24, 2.45) is 0 Å². The van der Waals surface area contributed by atoms with Crippen LogP contribution in [0, 0.1) is 0 Å². The van der Waals surface area contributed by atoms with Crippen molar-refractivity contribution in [3.05, 3.63) is 91.3 Å². The van der Waals surface area contributed by atoms with Crippen molar-refractivity contribution >= 4 is 91.9 Å². The minimum absolute atomic E-state index is 0.125. The van der Waals surface area contributed by atoms with Gasteiger partial charge in [-0.3, -0.25) is 19.7 Å². The Labute approximate surface area is 234 Å². The van der Waals surface area contributed by atoms with Gasteiger partial charge in [0, 0.05) is 20.7 Å². The van der Waals surface area contributed by atoms with Gasteiger partial charge in [0.15, 0.2) is 6.61 Å². The first-order valence-corrected chi connectivity index (χ1v) is 12.4. The lowest BCUT2D eigenvalue weighted by atomic mass is 10.1. The Morgan fingerprint density at radius 3 is 2.41 bits per heavy atom. The SMILES string of the molecule is O=C(COc1ccc(Br)cc1/C=C1\C(=O)NC(=O)N(c2ccc(Cl)c(Cl)c2)C1=O)Nc1ccc(Cl)cc1. The summed E-state index contributed by atoms with van der Waals surface area (Å²) in [7, 11) is 0. The molecule has 1 aliphatic heterocycles. The number of barbiturate groups is 1. The highest BCUT2D eigenvalue weighted by molar-refractivity contribution is 9.10. The molecule has 37 heavy (non-hydrogen) atoms. The van der Waals surface area contributed by atoms with E-state index in [1.54, 1.807) is 42.5 Å². The Morgan fingerprint density at radius 1 is 0.973 bits per heavy atom. The molecule has 0 bridgehead atoms. The molecule has 3 aromatic carbocycles. The molecule has 0 radical (unpaired) electrons. The third-order valence-electron chi connectivity index (χ3n) is 5.02. The van der Waals surface area contributed by atoms with Crippen molar-refractivity contribution in [1.29, 1.82) is 0 Å². The predicted molar refractivity (Wildman–Crippen MR) is 145 cm³/mol. The lowest BCUT2D eigenvalue weighted by Crippen LogP contribution is -2.54. The molecule has 2 N–H and O–H groups in total. The summed E-state index contributed by atoms with van der Waals surface area (Å²) in [5, 5.41) is 5.70. The van der Waals surface area contributed by atoms with Crippen LogP contribution in [0.5, 0.6) is 5.75 Å². The first-order chi connectivity index (χ1) is 17.6. The van der Waals surface area contributed by atoms with E-state index in [4.69, 9.17) is 39.5 Å². The van der Waals surface area contributed by atoms with Gasteiger partial charge in [-0.15, -0.1) is 0 Å². The van der Waals surface area contributed by atoms with Gasteiger partial charge >= 0.3 is 6.03 Å². The molecule has 8 nitrogen and oxygen atoms in total. The molecule has 0 spiro atoms. The number of rotatable bonds is 6. The number of carbonyl (C=O) groups is 4. The highest BCUT2D eigenvalue weighted by atomic mass is 79.9. The van der Waals surface area contributed by atoms with Gasteiger partial charge in [0.1, 0.15) is 11.3 Å². The Bertz CT molecular complexity index is 1460. The maximum absolute atomic E-state index is 13.2. The van der Waals surface area contributed by atoms with E-state index in [9.17, 15) is 19.2 Å². The Hall–Kier alpha value is -3.37. The fourth-order valence-corrected chi connectivity index (χ4v) is 4.11. The fraction of sp³-hybridized carbons (Fsp3) is 0.0400. The molecule has 5 amide bonds. The minimum Gasteiger partial charge on any atom is -0.483 e. The van der Waals surface area contributed by atoms with E-state index >= 15 is 0 Å². The molecule has 4 rings (SSSR count). The number of benzene rings is 3. The molecule has 12 heteroatoms. The van der Waals surface area contributed by atoms with Crippen LogP contribution in [0.1, 0.15) is 5.56 Å². The van der Waals surface area contributed by atoms with Crippen LogP contribution in [0.15, 0.2) is 70.7 Å². The van der Waals surface area contributed by atoms with Crippen LogP contribution in [-0.2, 0) is 14.4 Å². The molecule has 1 saturated heterocycles. The van der Waals surface area contributed by atoms with Gasteiger partial charge < -0.3 is 10.1 Å². The summed E-state index contributed by atoms with van der Waals surface area (Å²) in [6.07, 6.45) is 1.27. The van der Waals surface area contributed by atoms with E-state index < -0.39 is 23.8 Å². The summed E-state index contributed by atoms with van der Waals surface area (Å²) in [5.74, 6) is -1.98. The molecule has 0 aliphatic carbocycles. The number of ether oxygens (including phenoxy) is 1. The van der Waals surface area contributed by atoms with Crippen molar-refractivity contribution in [3.8, 4) is 5.75 Å². The van der Waals surface area contributed by atoms with Crippen molar-refractivity contribution in [1.82, 2.24) is 5.32 Å². The molecular formula is C25H15BrCl3N3O5. The standard InChI is InChI=1S/C25H15BrCl3N3O5/c26-14-1-8-21(37-12-22(33)30-16-4-2-15(27)3-5-16)13(9-14)10-18-23(34)31-25(36)32(24(18)35)17-6-7-19(28)20(29)11-17/h1-11H,12H2,(H,30,33)(H,31,34,36)/b18-10+. The number of amides is 5. The first-order valence-electron chi connectivity index (χ1n) is 10.5. The Balaban J connectivity index is 1.58. The maximum atomic E-state index is 13.2. The van der Waals surface area contributed by atoms with Crippen LogP contribution in [0.3, 0.4) is 0 Å². The topological polar surface area (TPSA) is 105 Å². The average Bonchev–Trinajstić information content (AvgIpc) is 2.84. The molecule has 1 aliphatic rings. The van der Waals surface area contributed by atoms with E-state index in [0.717, 1.165) is 4.90 Å². The normalized spacial score (nSPS) is 14.5. The second-order valence-electron chi connectivity index (χ2n) is 7.58. The summed E-state index contributed by atoms with van der Waals surface area (Å²) >= 11 is 21.2. The number of imide groups is 2. The summed E-state index contributed by atoms with van der Waals surface area (Å²) in [5.41, 5.74) is 0.641. The number of hydrogen-bond acceptors (Lipinski definition) is 5. The van der Waals surface area contributed by atoms with Gasteiger partial charge in [0.05, 0.1) is 15.7 Å². The van der Waals surface area contributed by atoms with Crippen molar-refractivity contribution in [2.45, 2.75) is 0 Å². The number of halogens is 4. The van der Waals surface area contributed by atoms with Gasteiger partial charge in [0.2, 0.25) is 0 Å². The van der Waals surface area contributed by atoms with E-state index in [0.29, 0.717) is 20.7 Å². The molecule has 0 unspecified atom stereocenters. The molecule has 0 saturated carbocycles. The Kier molecular flexibility index (Phi) is 8.19. The van der Waals surface area contributed by atoms with Crippen LogP contribution in [0.4, 0.5) is 16.2 Å². The van der Waals surface area contributed by atoms with Crippen molar-refractivity contribution in [2.75, 3.05) is 16.8 Å². The molecule has 1 heterocycles. The summed E-state index contributed by atoms with van der Waals surface area (Å²) in [6, 6.07) is 14.6. The monoisotopic (exact) mass is 621 g/mol. The molecule has 188 valence electrons. The lowest BCUT2D eigenvalue weighted by Gasteiger charge is -2.26. The zero-order chi connectivity index (χ0) is 26.7. The van der Waals surface area contributed by atoms with Crippen LogP contribution in [-0.4, -0.2) is 30.4 Å². The number of hydrogen-bond donors (Lipinski definition) is 2. The smallest absolute Gasteiger partial charge is 0.335 e. The Morgan fingerprint density at radius 2 is 1.70 bits per heavy atom. The molecule has 1 fully saturated rings. The third-order valence-corrected chi connectivity index (χ3v) is 6.51. The minimum atomic E-state index is -0.935. The van der Waals surface area contributed by atoms with Crippen LogP contribution in [0.25, 0.3) is 6.08 Å². The van der Waals surface area contributed by atoms with Gasteiger partial charge in [-0.1, -0.05) is 50.7 Å². The predicted octanol–water partition coefficient (Wildman–Crippen LogP) is 6.09. The number of nitrogens with one attached hydrogen (secondary N) is 2. The van der Waals surface area contributed by atoms with Crippen LogP contribution >= 0.6 is 50.7 Å². The second-order valence-corrected chi connectivity index (χ2v) is 9.75. The van der Waals surface area contributed by atoms with E-state index in [1.807, 2.05) is 0 Å². The average molecular weight is 624 g/mol. The van der Waals surface area contributed by atoms with Crippen LogP contribution < -0.4 is 20.3 Å². The van der Waals surface area contributed by atoms with E-state index in [1.165, 1.54) is 24.3 Å². The number of anilines is 2. The van der Waals surface area contributed by atoms with Crippen molar-refractivity contribution < 1.29 is 23.9 Å². The van der Waals surface area contributed by atoms with Gasteiger partial charge in [0.25, 0.3) is 17.7 Å². The summed E-state index contributed by atoms with van der Waals surface area (Å²) in [4.78, 5) is 51.4. The van der Waals surface area contributed by atoms with Gasteiger partial charge in [-0.2, -0.15) is 0 Å². The summed E-state index contributed by atoms with van der Waals surface area (Å²) < 4.78 is 6.29. The molecular weight excluding hydrogens is 609 g/mol. The van der Waals surface area contributed by atoms with E-state index in [-0.39, 0.29) is 33.7 Å². The molecule has 0 aromatic heterocycles. The quantitative estimate of drug-likeness (QED) is 0.255. The first kappa shape index (κ1) is 26.7. The lowest BCUT2D eigenvalue weighted by molar-refractivity contribution is -0.122. The number of nitrogens with zero attached hydrogens (tertiary/aromatic N) is 1. The highest BCUT2D eigenvalue weighted by Crippen LogP contribution is 2.31. The van der Waals surface area contributed by atoms with Crippen molar-refractivity contribution in [3.63, 3.8) is 0 Å². The molecule has 0 atom stereocenters. The van der Waals surface area contributed by atoms with Crippen LogP contribution in [0.2, 0.25) is 15.1 Å². The molecule has 3 aromatic rings. The fourth-order valence-electron chi connectivity index (χ4n) is 3.31.